The number of hydrogen-bond acceptors (Lipinski definition) is 3. The van der Waals surface area contributed by atoms with E-state index in [9.17, 15) is 8.42 Å². The quantitative estimate of drug-likeness (QED) is 0.737. The molecule has 18 heavy (non-hydrogen) atoms. The third kappa shape index (κ3) is 5.24. The monoisotopic (exact) mass is 276 g/mol. The molecular weight excluding hydrogens is 248 g/mol. The molecule has 1 rings (SSSR count). The van der Waals surface area contributed by atoms with Crippen LogP contribution >= 0.6 is 0 Å². The van der Waals surface area contributed by atoms with E-state index in [-0.39, 0.29) is 0 Å². The molecule has 0 aromatic carbocycles. The van der Waals surface area contributed by atoms with E-state index in [1.807, 2.05) is 6.92 Å². The second-order valence-corrected chi connectivity index (χ2v) is 7.34. The minimum atomic E-state index is -3.08. The second-order valence-electron chi connectivity index (χ2n) is 5.32. The Balaban J connectivity index is 2.55. The number of sulfonamides is 1. The fourth-order valence-corrected chi connectivity index (χ4v) is 4.67. The van der Waals surface area contributed by atoms with Gasteiger partial charge in [-0.2, -0.15) is 0 Å². The van der Waals surface area contributed by atoms with Crippen molar-refractivity contribution in [1.29, 1.82) is 0 Å². The highest BCUT2D eigenvalue weighted by Gasteiger charge is 2.26. The zero-order valence-corrected chi connectivity index (χ0v) is 12.4. The number of nitrogens with two attached hydrogens (primary N) is 1. The Kier molecular flexibility index (Phi) is 7.19. The predicted octanol–water partition coefficient (Wildman–Crippen LogP) is 1.96. The molecule has 0 heterocycles. The SMILES string of the molecule is CCCN(CCCN)S(=O)(=O)CC1CCCCC1. The van der Waals surface area contributed by atoms with Gasteiger partial charge in [0.25, 0.3) is 0 Å². The minimum absolute atomic E-state index is 0.345. The van der Waals surface area contributed by atoms with Gasteiger partial charge in [0.15, 0.2) is 0 Å². The van der Waals surface area contributed by atoms with Gasteiger partial charge >= 0.3 is 0 Å². The highest BCUT2D eigenvalue weighted by Crippen LogP contribution is 2.25. The molecule has 1 fully saturated rings. The van der Waals surface area contributed by atoms with Gasteiger partial charge in [0.2, 0.25) is 10.0 Å². The maximum absolute atomic E-state index is 12.4. The third-order valence-corrected chi connectivity index (χ3v) is 5.69. The molecule has 5 heteroatoms. The lowest BCUT2D eigenvalue weighted by atomic mass is 9.91. The lowest BCUT2D eigenvalue weighted by molar-refractivity contribution is 0.363. The van der Waals surface area contributed by atoms with Gasteiger partial charge < -0.3 is 5.73 Å². The molecule has 0 saturated heterocycles. The predicted molar refractivity (Wildman–Crippen MR) is 75.9 cm³/mol. The van der Waals surface area contributed by atoms with Crippen molar-refractivity contribution in [1.82, 2.24) is 4.31 Å². The summed E-state index contributed by atoms with van der Waals surface area (Å²) in [4.78, 5) is 0. The molecule has 2 N–H and O–H groups in total. The first-order chi connectivity index (χ1) is 8.60. The summed E-state index contributed by atoms with van der Waals surface area (Å²) >= 11 is 0. The Hall–Kier alpha value is -0.130. The molecule has 4 nitrogen and oxygen atoms in total. The van der Waals surface area contributed by atoms with Crippen molar-refractivity contribution in [2.24, 2.45) is 11.7 Å². The Labute approximate surface area is 112 Å². The Morgan fingerprint density at radius 2 is 1.83 bits per heavy atom. The van der Waals surface area contributed by atoms with Crippen LogP contribution < -0.4 is 5.73 Å². The van der Waals surface area contributed by atoms with Crippen LogP contribution in [0.25, 0.3) is 0 Å². The van der Waals surface area contributed by atoms with E-state index in [1.165, 1.54) is 19.3 Å². The normalized spacial score (nSPS) is 18.4. The number of rotatable bonds is 8. The summed E-state index contributed by atoms with van der Waals surface area (Å²) in [5.41, 5.74) is 5.48. The van der Waals surface area contributed by atoms with Gasteiger partial charge in [-0.3, -0.25) is 0 Å². The number of nitrogens with zero attached hydrogens (tertiary/aromatic N) is 1. The van der Waals surface area contributed by atoms with Crippen molar-refractivity contribution < 1.29 is 8.42 Å². The summed E-state index contributed by atoms with van der Waals surface area (Å²) in [5, 5.41) is 0. The molecule has 0 unspecified atom stereocenters. The van der Waals surface area contributed by atoms with Gasteiger partial charge in [-0.05, 0) is 38.1 Å². The van der Waals surface area contributed by atoms with E-state index in [1.54, 1.807) is 4.31 Å². The average Bonchev–Trinajstić information content (AvgIpc) is 2.35. The van der Waals surface area contributed by atoms with E-state index in [0.717, 1.165) is 25.7 Å². The standard InChI is InChI=1S/C13H28N2O2S/c1-2-10-15(11-6-9-14)18(16,17)12-13-7-4-3-5-8-13/h13H,2-12,14H2,1H3. The highest BCUT2D eigenvalue weighted by molar-refractivity contribution is 7.89. The van der Waals surface area contributed by atoms with Gasteiger partial charge in [0.1, 0.15) is 0 Å². The summed E-state index contributed by atoms with van der Waals surface area (Å²) in [7, 11) is -3.08. The molecule has 108 valence electrons. The fraction of sp³-hybridized carbons (Fsp3) is 1.00. The molecule has 0 spiro atoms. The largest absolute Gasteiger partial charge is 0.330 e. The molecule has 1 saturated carbocycles. The molecule has 1 aliphatic carbocycles. The molecule has 1 aliphatic rings. The number of hydrogen-bond donors (Lipinski definition) is 1. The molecule has 0 atom stereocenters. The molecular formula is C13H28N2O2S. The van der Waals surface area contributed by atoms with E-state index >= 15 is 0 Å². The van der Waals surface area contributed by atoms with Gasteiger partial charge in [0, 0.05) is 13.1 Å². The topological polar surface area (TPSA) is 63.4 Å². The van der Waals surface area contributed by atoms with Crippen LogP contribution in [-0.2, 0) is 10.0 Å². The molecule has 0 amide bonds. The van der Waals surface area contributed by atoms with Crippen LogP contribution in [0, 0.1) is 5.92 Å². The first-order valence-electron chi connectivity index (χ1n) is 7.28. The Morgan fingerprint density at radius 3 is 2.39 bits per heavy atom. The van der Waals surface area contributed by atoms with Crippen LogP contribution in [0.1, 0.15) is 51.9 Å². The second kappa shape index (κ2) is 8.12. The van der Waals surface area contributed by atoms with Gasteiger partial charge in [-0.1, -0.05) is 26.2 Å². The van der Waals surface area contributed by atoms with E-state index in [4.69, 9.17) is 5.73 Å². The summed E-state index contributed by atoms with van der Waals surface area (Å²) in [6.07, 6.45) is 7.43. The highest BCUT2D eigenvalue weighted by atomic mass is 32.2. The lowest BCUT2D eigenvalue weighted by Gasteiger charge is -2.26. The Bertz CT molecular complexity index is 311. The third-order valence-electron chi connectivity index (χ3n) is 3.65. The summed E-state index contributed by atoms with van der Waals surface area (Å²) in [5.74, 6) is 0.721. The smallest absolute Gasteiger partial charge is 0.214 e. The van der Waals surface area contributed by atoms with Crippen molar-refractivity contribution in [2.75, 3.05) is 25.4 Å². The van der Waals surface area contributed by atoms with E-state index < -0.39 is 10.0 Å². The average molecular weight is 276 g/mol. The van der Waals surface area contributed by atoms with Crippen molar-refractivity contribution >= 4 is 10.0 Å². The maximum atomic E-state index is 12.4. The van der Waals surface area contributed by atoms with Crippen LogP contribution in [0.4, 0.5) is 0 Å². The van der Waals surface area contributed by atoms with Crippen molar-refractivity contribution in [3.63, 3.8) is 0 Å². The zero-order chi connectivity index (χ0) is 13.4. The van der Waals surface area contributed by atoms with Crippen LogP contribution in [0.15, 0.2) is 0 Å². The van der Waals surface area contributed by atoms with E-state index in [2.05, 4.69) is 0 Å². The fourth-order valence-electron chi connectivity index (χ4n) is 2.66. The molecule has 0 aromatic rings. The molecule has 0 aliphatic heterocycles. The van der Waals surface area contributed by atoms with Gasteiger partial charge in [-0.15, -0.1) is 0 Å². The maximum Gasteiger partial charge on any atom is 0.214 e. The van der Waals surface area contributed by atoms with Crippen molar-refractivity contribution in [3.05, 3.63) is 0 Å². The van der Waals surface area contributed by atoms with Crippen molar-refractivity contribution in [2.45, 2.75) is 51.9 Å². The van der Waals surface area contributed by atoms with Gasteiger partial charge in [-0.25, -0.2) is 12.7 Å². The lowest BCUT2D eigenvalue weighted by Crippen LogP contribution is -2.37. The molecule has 0 aromatic heterocycles. The molecule has 0 radical (unpaired) electrons. The van der Waals surface area contributed by atoms with Crippen molar-refractivity contribution in [3.8, 4) is 0 Å². The first kappa shape index (κ1) is 15.9. The zero-order valence-electron chi connectivity index (χ0n) is 11.6. The summed E-state index contributed by atoms with van der Waals surface area (Å²) in [6.45, 7) is 3.79. The van der Waals surface area contributed by atoms with E-state index in [0.29, 0.717) is 31.3 Å². The minimum Gasteiger partial charge on any atom is -0.330 e. The first-order valence-corrected chi connectivity index (χ1v) is 8.89. The van der Waals surface area contributed by atoms with Crippen LogP contribution in [0.5, 0.6) is 0 Å². The van der Waals surface area contributed by atoms with Crippen LogP contribution in [-0.4, -0.2) is 38.1 Å². The summed E-state index contributed by atoms with van der Waals surface area (Å²) < 4.78 is 26.4. The summed E-state index contributed by atoms with van der Waals surface area (Å²) in [6, 6.07) is 0. The Morgan fingerprint density at radius 1 is 1.17 bits per heavy atom. The van der Waals surface area contributed by atoms with Gasteiger partial charge in [0.05, 0.1) is 5.75 Å². The van der Waals surface area contributed by atoms with Crippen LogP contribution in [0.3, 0.4) is 0 Å². The molecule has 0 bridgehead atoms. The van der Waals surface area contributed by atoms with Crippen LogP contribution in [0.2, 0.25) is 0 Å².